The van der Waals surface area contributed by atoms with Crippen LogP contribution >= 0.6 is 0 Å². The van der Waals surface area contributed by atoms with E-state index in [1.165, 1.54) is 4.57 Å². The summed E-state index contributed by atoms with van der Waals surface area (Å²) in [6.07, 6.45) is 1.12. The number of hydrogen-bond donors (Lipinski definition) is 0. The first-order chi connectivity index (χ1) is 12.7. The third kappa shape index (κ3) is 3.22. The van der Waals surface area contributed by atoms with Crippen molar-refractivity contribution >= 4 is 5.78 Å². The van der Waals surface area contributed by atoms with E-state index >= 15 is 0 Å². The molecule has 0 aliphatic heterocycles. The van der Waals surface area contributed by atoms with Gasteiger partial charge in [-0.2, -0.15) is 0 Å². The summed E-state index contributed by atoms with van der Waals surface area (Å²) in [7, 11) is 6.31. The van der Waals surface area contributed by atoms with Crippen molar-refractivity contribution in [3.8, 4) is 17.2 Å². The van der Waals surface area contributed by atoms with Crippen LogP contribution in [0.15, 0.2) is 16.9 Å². The third-order valence-electron chi connectivity index (χ3n) is 5.07. The molecule has 3 rings (SSSR count). The summed E-state index contributed by atoms with van der Waals surface area (Å²) in [4.78, 5) is 25.4. The Morgan fingerprint density at radius 1 is 1.00 bits per heavy atom. The molecule has 0 spiro atoms. The van der Waals surface area contributed by atoms with Crippen molar-refractivity contribution in [3.05, 3.63) is 39.6 Å². The molecule has 1 heterocycles. The van der Waals surface area contributed by atoms with Gasteiger partial charge in [0, 0.05) is 13.5 Å². The second kappa shape index (κ2) is 6.79. The first kappa shape index (κ1) is 19.1. The molecule has 27 heavy (non-hydrogen) atoms. The van der Waals surface area contributed by atoms with Gasteiger partial charge in [0.1, 0.15) is 5.69 Å². The number of benzene rings is 1. The van der Waals surface area contributed by atoms with Gasteiger partial charge in [-0.15, -0.1) is 0 Å². The number of fused-ring (bicyclic) bond motifs is 1. The topological polar surface area (TPSA) is 71.7 Å². The maximum Gasteiger partial charge on any atom is 0.328 e. The van der Waals surface area contributed by atoms with Gasteiger partial charge in [0.2, 0.25) is 5.75 Å². The van der Waals surface area contributed by atoms with Crippen LogP contribution in [0.2, 0.25) is 0 Å². The van der Waals surface area contributed by atoms with E-state index in [2.05, 4.69) is 13.8 Å². The van der Waals surface area contributed by atoms with Crippen LogP contribution in [-0.2, 0) is 20.0 Å². The highest BCUT2D eigenvalue weighted by Gasteiger charge is 2.36. The number of carbonyl (C=O) groups is 1. The number of rotatable bonds is 5. The summed E-state index contributed by atoms with van der Waals surface area (Å²) >= 11 is 0. The molecule has 0 bridgehead atoms. The van der Waals surface area contributed by atoms with Gasteiger partial charge in [-0.3, -0.25) is 13.9 Å². The lowest BCUT2D eigenvalue weighted by atomic mass is 9.77. The van der Waals surface area contributed by atoms with Crippen LogP contribution in [0, 0.1) is 5.41 Å². The van der Waals surface area contributed by atoms with Gasteiger partial charge in [-0.1, -0.05) is 13.8 Å². The van der Waals surface area contributed by atoms with Crippen LogP contribution in [0.5, 0.6) is 17.2 Å². The summed E-state index contributed by atoms with van der Waals surface area (Å²) in [6, 6.07) is 3.64. The molecule has 1 aliphatic carbocycles. The molecule has 0 N–H and O–H groups in total. The highest BCUT2D eigenvalue weighted by atomic mass is 16.5. The normalized spacial score (nSPS) is 15.4. The highest BCUT2D eigenvalue weighted by molar-refractivity contribution is 5.97. The van der Waals surface area contributed by atoms with E-state index in [1.807, 2.05) is 12.1 Å². The zero-order valence-corrected chi connectivity index (χ0v) is 16.7. The summed E-state index contributed by atoms with van der Waals surface area (Å²) < 4.78 is 19.3. The molecule has 0 radical (unpaired) electrons. The number of ketones is 1. The van der Waals surface area contributed by atoms with Crippen LogP contribution in [0.25, 0.3) is 0 Å². The number of Topliss-reactive ketones (excluding diaryl/α,β-unsaturated/α-hetero) is 1. The molecule has 0 atom stereocenters. The second-order valence-electron chi connectivity index (χ2n) is 7.70. The van der Waals surface area contributed by atoms with Gasteiger partial charge < -0.3 is 14.2 Å². The number of nitrogens with zero attached hydrogens (tertiary/aromatic N) is 2. The zero-order valence-electron chi connectivity index (χ0n) is 16.7. The predicted octanol–water partition coefficient (Wildman–Crippen LogP) is 2.42. The number of ether oxygens (including phenoxy) is 3. The number of methoxy groups -OCH3 is 3. The maximum absolute atomic E-state index is 12.8. The minimum absolute atomic E-state index is 0.0180. The van der Waals surface area contributed by atoms with Gasteiger partial charge in [0.25, 0.3) is 0 Å². The highest BCUT2D eigenvalue weighted by Crippen LogP contribution is 2.39. The fourth-order valence-electron chi connectivity index (χ4n) is 3.85. The quantitative estimate of drug-likeness (QED) is 0.804. The molecule has 7 heteroatoms. The molecule has 0 fully saturated rings. The minimum atomic E-state index is -0.195. The van der Waals surface area contributed by atoms with Gasteiger partial charge >= 0.3 is 5.69 Å². The Labute approximate surface area is 158 Å². The Balaban J connectivity index is 2.11. The van der Waals surface area contributed by atoms with Crippen molar-refractivity contribution in [2.45, 2.75) is 33.2 Å². The molecule has 0 unspecified atom stereocenters. The third-order valence-corrected chi connectivity index (χ3v) is 5.07. The number of hydrogen-bond acceptors (Lipinski definition) is 5. The lowest BCUT2D eigenvalue weighted by molar-refractivity contribution is 0.0901. The summed E-state index contributed by atoms with van der Waals surface area (Å²) in [5.41, 5.74) is 1.77. The lowest BCUT2D eigenvalue weighted by Crippen LogP contribution is -2.29. The Morgan fingerprint density at radius 3 is 2.11 bits per heavy atom. The average molecular weight is 374 g/mol. The first-order valence-corrected chi connectivity index (χ1v) is 8.83. The molecule has 2 aromatic rings. The molecule has 1 aromatic carbocycles. The van der Waals surface area contributed by atoms with E-state index in [-0.39, 0.29) is 16.9 Å². The standard InChI is InChI=1S/C20H26N2O5/c1-20(2)9-13-17(14(23)10-20)21(3)19(24)22(13)11-12-7-15(25-4)18(27-6)16(8-12)26-5/h7-8H,9-11H2,1-6H3. The monoisotopic (exact) mass is 374 g/mol. The molecule has 7 nitrogen and oxygen atoms in total. The van der Waals surface area contributed by atoms with Crippen LogP contribution in [0.4, 0.5) is 0 Å². The molecule has 0 saturated carbocycles. The molecule has 146 valence electrons. The van der Waals surface area contributed by atoms with Crippen molar-refractivity contribution in [2.75, 3.05) is 21.3 Å². The number of carbonyl (C=O) groups excluding carboxylic acids is 1. The van der Waals surface area contributed by atoms with Gasteiger partial charge in [-0.25, -0.2) is 4.79 Å². The summed E-state index contributed by atoms with van der Waals surface area (Å²) in [5, 5.41) is 0. The Hall–Kier alpha value is -2.70. The number of aromatic nitrogens is 2. The molecule has 1 aromatic heterocycles. The van der Waals surface area contributed by atoms with Crippen LogP contribution in [0.3, 0.4) is 0 Å². The van der Waals surface area contributed by atoms with Crippen LogP contribution in [0.1, 0.15) is 42.0 Å². The zero-order chi connectivity index (χ0) is 19.9. The van der Waals surface area contributed by atoms with Crippen molar-refractivity contribution in [1.29, 1.82) is 0 Å². The molecular formula is C20H26N2O5. The van der Waals surface area contributed by atoms with E-state index in [4.69, 9.17) is 14.2 Å². The van der Waals surface area contributed by atoms with E-state index in [9.17, 15) is 9.59 Å². The van der Waals surface area contributed by atoms with Crippen LogP contribution in [-0.4, -0.2) is 36.2 Å². The predicted molar refractivity (Wildman–Crippen MR) is 101 cm³/mol. The Kier molecular flexibility index (Phi) is 4.80. The molecule has 0 amide bonds. The first-order valence-electron chi connectivity index (χ1n) is 8.83. The van der Waals surface area contributed by atoms with E-state index < -0.39 is 0 Å². The van der Waals surface area contributed by atoms with Crippen molar-refractivity contribution in [3.63, 3.8) is 0 Å². The summed E-state index contributed by atoms with van der Waals surface area (Å²) in [5.74, 6) is 1.58. The van der Waals surface area contributed by atoms with Crippen molar-refractivity contribution in [2.24, 2.45) is 12.5 Å². The second-order valence-corrected chi connectivity index (χ2v) is 7.70. The molecular weight excluding hydrogens is 348 g/mol. The largest absolute Gasteiger partial charge is 0.493 e. The van der Waals surface area contributed by atoms with Crippen molar-refractivity contribution in [1.82, 2.24) is 9.13 Å². The van der Waals surface area contributed by atoms with Gasteiger partial charge in [0.05, 0.1) is 33.6 Å². The SMILES string of the molecule is COc1cc(Cn2c3c(n(C)c2=O)C(=O)CC(C)(C)C3)cc(OC)c1OC. The fraction of sp³-hybridized carbons (Fsp3) is 0.500. The van der Waals surface area contributed by atoms with Crippen molar-refractivity contribution < 1.29 is 19.0 Å². The fourth-order valence-corrected chi connectivity index (χ4v) is 3.85. The smallest absolute Gasteiger partial charge is 0.328 e. The maximum atomic E-state index is 12.8. The average Bonchev–Trinajstić information content (AvgIpc) is 2.84. The molecule has 0 saturated heterocycles. The Bertz CT molecular complexity index is 927. The van der Waals surface area contributed by atoms with E-state index in [0.717, 1.165) is 11.3 Å². The van der Waals surface area contributed by atoms with Gasteiger partial charge in [0.15, 0.2) is 17.3 Å². The van der Waals surface area contributed by atoms with E-state index in [0.29, 0.717) is 42.3 Å². The van der Waals surface area contributed by atoms with Crippen LogP contribution < -0.4 is 19.9 Å². The Morgan fingerprint density at radius 2 is 1.59 bits per heavy atom. The van der Waals surface area contributed by atoms with Gasteiger partial charge in [-0.05, 0) is 29.5 Å². The number of imidazole rings is 1. The summed E-state index contributed by atoms with van der Waals surface area (Å²) in [6.45, 7) is 4.42. The minimum Gasteiger partial charge on any atom is -0.493 e. The van der Waals surface area contributed by atoms with E-state index in [1.54, 1.807) is 32.9 Å². The lowest BCUT2D eigenvalue weighted by Gasteiger charge is -2.29. The molecule has 1 aliphatic rings.